The third-order valence-electron chi connectivity index (χ3n) is 3.47. The van der Waals surface area contributed by atoms with Gasteiger partial charge in [0.05, 0.1) is 18.1 Å². The van der Waals surface area contributed by atoms with Crippen LogP contribution in [-0.2, 0) is 22.2 Å². The molecule has 0 fully saturated rings. The van der Waals surface area contributed by atoms with Crippen molar-refractivity contribution in [2.75, 3.05) is 5.75 Å². The van der Waals surface area contributed by atoms with E-state index in [2.05, 4.69) is 6.92 Å². The number of aliphatic hydroxyl groups is 1. The fourth-order valence-electron chi connectivity index (χ4n) is 2.26. The van der Waals surface area contributed by atoms with Gasteiger partial charge in [0.25, 0.3) is 0 Å². The summed E-state index contributed by atoms with van der Waals surface area (Å²) in [4.78, 5) is 0. The van der Waals surface area contributed by atoms with Crippen molar-refractivity contribution in [3.8, 4) is 0 Å². The maximum absolute atomic E-state index is 12.1. The molecular formula is C16H26O3S. The lowest BCUT2D eigenvalue weighted by Gasteiger charge is -2.08. The Hall–Kier alpha value is -0.870. The van der Waals surface area contributed by atoms with E-state index in [1.165, 1.54) is 19.3 Å². The van der Waals surface area contributed by atoms with Crippen LogP contribution in [0.25, 0.3) is 0 Å². The van der Waals surface area contributed by atoms with E-state index < -0.39 is 9.84 Å². The summed E-state index contributed by atoms with van der Waals surface area (Å²) in [6, 6.07) is 7.18. The lowest BCUT2D eigenvalue weighted by Crippen LogP contribution is -2.11. The second kappa shape index (κ2) is 9.14. The predicted octanol–water partition coefficient (Wildman–Crippen LogP) is 3.45. The standard InChI is InChI=1S/C16H26O3S/c1-2-3-4-5-6-9-12-20(18,19)14-16-11-8-7-10-15(16)13-17/h7-8,10-11,17H,2-6,9,12-14H2,1H3. The molecule has 0 aliphatic heterocycles. The lowest BCUT2D eigenvalue weighted by molar-refractivity contribution is 0.281. The summed E-state index contributed by atoms with van der Waals surface area (Å²) in [7, 11) is -3.07. The monoisotopic (exact) mass is 298 g/mol. The molecule has 0 unspecified atom stereocenters. The van der Waals surface area contributed by atoms with Gasteiger partial charge in [-0.25, -0.2) is 8.42 Å². The molecule has 0 aliphatic carbocycles. The first-order chi connectivity index (χ1) is 9.59. The molecule has 3 nitrogen and oxygen atoms in total. The molecule has 0 radical (unpaired) electrons. The topological polar surface area (TPSA) is 54.4 Å². The average Bonchev–Trinajstić information content (AvgIpc) is 2.43. The molecule has 20 heavy (non-hydrogen) atoms. The molecule has 0 saturated carbocycles. The van der Waals surface area contributed by atoms with Gasteiger partial charge in [-0.3, -0.25) is 0 Å². The van der Waals surface area contributed by atoms with Crippen molar-refractivity contribution >= 4 is 9.84 Å². The molecule has 114 valence electrons. The SMILES string of the molecule is CCCCCCCCS(=O)(=O)Cc1ccccc1CO. The number of benzene rings is 1. The van der Waals surface area contributed by atoms with Crippen LogP contribution in [0.2, 0.25) is 0 Å². The Morgan fingerprint density at radius 2 is 1.55 bits per heavy atom. The van der Waals surface area contributed by atoms with E-state index in [0.29, 0.717) is 5.56 Å². The molecule has 0 atom stereocenters. The highest BCUT2D eigenvalue weighted by atomic mass is 32.2. The molecular weight excluding hydrogens is 272 g/mol. The summed E-state index contributed by atoms with van der Waals surface area (Å²) in [6.45, 7) is 2.06. The molecule has 0 heterocycles. The van der Waals surface area contributed by atoms with Gasteiger partial charge in [0, 0.05) is 0 Å². The minimum Gasteiger partial charge on any atom is -0.392 e. The summed E-state index contributed by atoms with van der Waals surface area (Å²) in [6.07, 6.45) is 6.49. The van der Waals surface area contributed by atoms with Crippen LogP contribution in [0.5, 0.6) is 0 Å². The first kappa shape index (κ1) is 17.2. The fourth-order valence-corrected chi connectivity index (χ4v) is 3.81. The lowest BCUT2D eigenvalue weighted by atomic mass is 10.1. The van der Waals surface area contributed by atoms with Crippen LogP contribution >= 0.6 is 0 Å². The second-order valence-electron chi connectivity index (χ2n) is 5.29. The number of unbranched alkanes of at least 4 members (excludes halogenated alkanes) is 5. The minimum absolute atomic E-state index is 0.0404. The Balaban J connectivity index is 2.41. The van der Waals surface area contributed by atoms with Gasteiger partial charge in [-0.15, -0.1) is 0 Å². The van der Waals surface area contributed by atoms with Gasteiger partial charge in [-0.05, 0) is 17.5 Å². The zero-order valence-corrected chi connectivity index (χ0v) is 13.2. The van der Waals surface area contributed by atoms with E-state index in [4.69, 9.17) is 0 Å². The quantitative estimate of drug-likeness (QED) is 0.673. The zero-order valence-electron chi connectivity index (χ0n) is 12.3. The minimum atomic E-state index is -3.07. The maximum atomic E-state index is 12.1. The molecule has 0 bridgehead atoms. The van der Waals surface area contributed by atoms with Gasteiger partial charge < -0.3 is 5.11 Å². The smallest absolute Gasteiger partial charge is 0.154 e. The van der Waals surface area contributed by atoms with Crippen LogP contribution in [-0.4, -0.2) is 19.3 Å². The van der Waals surface area contributed by atoms with Crippen LogP contribution in [0, 0.1) is 0 Å². The number of aliphatic hydroxyl groups excluding tert-OH is 1. The summed E-state index contributed by atoms with van der Waals surface area (Å²) < 4.78 is 24.2. The molecule has 1 N–H and O–H groups in total. The van der Waals surface area contributed by atoms with Crippen LogP contribution in [0.1, 0.15) is 56.6 Å². The molecule has 4 heteroatoms. The molecule has 1 rings (SSSR count). The van der Waals surface area contributed by atoms with Crippen molar-refractivity contribution in [3.63, 3.8) is 0 Å². The highest BCUT2D eigenvalue weighted by Gasteiger charge is 2.13. The van der Waals surface area contributed by atoms with Crippen LogP contribution in [0.3, 0.4) is 0 Å². The Morgan fingerprint density at radius 3 is 2.20 bits per heavy atom. The van der Waals surface area contributed by atoms with Gasteiger partial charge in [0.1, 0.15) is 0 Å². The molecule has 1 aromatic rings. The third-order valence-corrected chi connectivity index (χ3v) is 5.13. The highest BCUT2D eigenvalue weighted by Crippen LogP contribution is 2.14. The van der Waals surface area contributed by atoms with Crippen molar-refractivity contribution in [2.45, 2.75) is 57.8 Å². The van der Waals surface area contributed by atoms with Gasteiger partial charge in [-0.1, -0.05) is 63.3 Å². The second-order valence-corrected chi connectivity index (χ2v) is 7.47. The predicted molar refractivity (Wildman–Crippen MR) is 83.2 cm³/mol. The van der Waals surface area contributed by atoms with E-state index in [1.807, 2.05) is 12.1 Å². The van der Waals surface area contributed by atoms with Gasteiger partial charge in [0.2, 0.25) is 0 Å². The Bertz CT molecular complexity index is 480. The van der Waals surface area contributed by atoms with E-state index in [-0.39, 0.29) is 18.1 Å². The van der Waals surface area contributed by atoms with Crippen molar-refractivity contribution in [1.29, 1.82) is 0 Å². The summed E-state index contributed by atoms with van der Waals surface area (Å²) in [5, 5.41) is 9.22. The number of hydrogen-bond donors (Lipinski definition) is 1. The van der Waals surface area contributed by atoms with Gasteiger partial charge in [-0.2, -0.15) is 0 Å². The summed E-state index contributed by atoms with van der Waals surface area (Å²) in [5.41, 5.74) is 1.43. The van der Waals surface area contributed by atoms with Crippen molar-refractivity contribution in [2.24, 2.45) is 0 Å². The van der Waals surface area contributed by atoms with Crippen LogP contribution in [0.4, 0.5) is 0 Å². The van der Waals surface area contributed by atoms with Crippen LogP contribution < -0.4 is 0 Å². The van der Waals surface area contributed by atoms with E-state index in [1.54, 1.807) is 12.1 Å². The van der Waals surface area contributed by atoms with Crippen molar-refractivity contribution < 1.29 is 13.5 Å². The normalized spacial score (nSPS) is 11.7. The molecule has 0 saturated heterocycles. The summed E-state index contributed by atoms with van der Waals surface area (Å²) >= 11 is 0. The number of sulfone groups is 1. The number of rotatable bonds is 10. The molecule has 0 aliphatic rings. The first-order valence-corrected chi connectivity index (χ1v) is 9.29. The Kier molecular flexibility index (Phi) is 7.85. The van der Waals surface area contributed by atoms with E-state index in [0.717, 1.165) is 24.8 Å². The Labute approximate surface area is 123 Å². The van der Waals surface area contributed by atoms with E-state index in [9.17, 15) is 13.5 Å². The van der Waals surface area contributed by atoms with Gasteiger partial charge >= 0.3 is 0 Å². The van der Waals surface area contributed by atoms with Crippen molar-refractivity contribution in [3.05, 3.63) is 35.4 Å². The first-order valence-electron chi connectivity index (χ1n) is 7.47. The Morgan fingerprint density at radius 1 is 0.950 bits per heavy atom. The van der Waals surface area contributed by atoms with E-state index >= 15 is 0 Å². The molecule has 0 aromatic heterocycles. The highest BCUT2D eigenvalue weighted by molar-refractivity contribution is 7.90. The molecule has 0 spiro atoms. The molecule has 0 amide bonds. The average molecular weight is 298 g/mol. The number of hydrogen-bond acceptors (Lipinski definition) is 3. The summed E-state index contributed by atoms with van der Waals surface area (Å²) in [5.74, 6) is 0.289. The van der Waals surface area contributed by atoms with Gasteiger partial charge in [0.15, 0.2) is 9.84 Å². The van der Waals surface area contributed by atoms with Crippen molar-refractivity contribution in [1.82, 2.24) is 0 Å². The zero-order chi connectivity index (χ0) is 14.8. The largest absolute Gasteiger partial charge is 0.392 e. The maximum Gasteiger partial charge on any atom is 0.154 e. The fraction of sp³-hybridized carbons (Fsp3) is 0.625. The third kappa shape index (κ3) is 6.53. The van der Waals surface area contributed by atoms with Crippen LogP contribution in [0.15, 0.2) is 24.3 Å². The molecule has 1 aromatic carbocycles.